The smallest absolute Gasteiger partial charge is 0.618 e. The fourth-order valence-electron chi connectivity index (χ4n) is 1.33. The summed E-state index contributed by atoms with van der Waals surface area (Å²) in [7, 11) is 4.05. The number of aryl methyl sites for hydroxylation is 1. The normalized spacial score (nSPS) is 10.3. The zero-order valence-electron chi connectivity index (χ0n) is 13.2. The summed E-state index contributed by atoms with van der Waals surface area (Å²) in [6, 6.07) is 7.55. The number of hydrogen-bond donors (Lipinski definition) is 0. The molecule has 0 N–H and O–H groups in total. The van der Waals surface area contributed by atoms with Crippen LogP contribution >= 0.6 is 8.02 Å². The van der Waals surface area contributed by atoms with Crippen molar-refractivity contribution in [3.63, 3.8) is 0 Å². The first-order chi connectivity index (χ1) is 7.36. The number of hydrogen-bond acceptors (Lipinski definition) is 4. The summed E-state index contributed by atoms with van der Waals surface area (Å²) < 4.78 is 8.83. The van der Waals surface area contributed by atoms with Crippen LogP contribution in [0.4, 0.5) is 0 Å². The third-order valence-electron chi connectivity index (χ3n) is 2.22. The van der Waals surface area contributed by atoms with Gasteiger partial charge in [-0.25, -0.2) is 0 Å². The fraction of sp³-hybridized carbons (Fsp3) is 0.385. The summed E-state index contributed by atoms with van der Waals surface area (Å²) in [4.78, 5) is 12.5. The summed E-state index contributed by atoms with van der Waals surface area (Å²) in [5, 5.41) is 0. The van der Waals surface area contributed by atoms with E-state index in [0.717, 1.165) is 5.56 Å². The van der Waals surface area contributed by atoms with E-state index in [4.69, 9.17) is 4.52 Å². The second-order valence-electron chi connectivity index (χ2n) is 4.09. The van der Waals surface area contributed by atoms with Gasteiger partial charge in [0.15, 0.2) is 5.75 Å². The van der Waals surface area contributed by atoms with E-state index in [1.54, 1.807) is 37.5 Å². The van der Waals surface area contributed by atoms with Crippen LogP contribution in [0.1, 0.15) is 5.56 Å². The van der Waals surface area contributed by atoms with Crippen LogP contribution in [0.2, 0.25) is 0 Å². The second-order valence-corrected chi connectivity index (χ2v) is 6.86. The molecule has 1 aromatic carbocycles. The number of nitrogens with zero attached hydrogens (tertiary/aromatic N) is 2. The summed E-state index contributed by atoms with van der Waals surface area (Å²) in [5.74, 6) is 0.630. The second kappa shape index (κ2) is 9.92. The predicted octanol–water partition coefficient (Wildman–Crippen LogP) is 2.05. The molecule has 0 aliphatic carbocycles. The third-order valence-corrected chi connectivity index (χ3v) is 4.70. The average Bonchev–Trinajstić information content (AvgIpc) is 2.16. The molecular formula is C13H25MgN2O2P. The molecule has 1 aromatic rings. The Bertz CT molecular complexity index is 354. The maximum absolute atomic E-state index is 12.5. The molecular weight excluding hydrogens is 271 g/mol. The Kier molecular flexibility index (Phi) is 12.6. The van der Waals surface area contributed by atoms with E-state index in [9.17, 15) is 4.89 Å². The van der Waals surface area contributed by atoms with E-state index in [0.29, 0.717) is 5.75 Å². The van der Waals surface area contributed by atoms with Crippen molar-refractivity contribution >= 4 is 31.1 Å². The van der Waals surface area contributed by atoms with Crippen molar-refractivity contribution in [1.82, 2.24) is 9.34 Å². The Labute approximate surface area is 135 Å². The van der Waals surface area contributed by atoms with Gasteiger partial charge in [-0.05, 0) is 24.6 Å². The van der Waals surface area contributed by atoms with Crippen LogP contribution < -0.4 is 9.42 Å². The van der Waals surface area contributed by atoms with Gasteiger partial charge in [0.1, 0.15) is 0 Å². The van der Waals surface area contributed by atoms with Crippen LogP contribution in [0.3, 0.4) is 0 Å². The zero-order valence-corrected chi connectivity index (χ0v) is 15.5. The first kappa shape index (κ1) is 24.1. The molecule has 0 saturated carbocycles. The van der Waals surface area contributed by atoms with Gasteiger partial charge in [0, 0.05) is 28.2 Å². The van der Waals surface area contributed by atoms with Gasteiger partial charge in [0.2, 0.25) is 0 Å². The predicted molar refractivity (Wildman–Crippen MR) is 84.7 cm³/mol. The van der Waals surface area contributed by atoms with E-state index in [-0.39, 0.29) is 37.9 Å². The third kappa shape index (κ3) is 6.39. The molecule has 0 heterocycles. The average molecular weight is 297 g/mol. The van der Waals surface area contributed by atoms with Crippen LogP contribution in [0.15, 0.2) is 24.3 Å². The molecule has 0 atom stereocenters. The molecule has 0 radical (unpaired) electrons. The largest absolute Gasteiger partial charge is 2.00 e. The summed E-state index contributed by atoms with van der Waals surface area (Å²) in [5.41, 5.74) is 1.08. The molecule has 0 bridgehead atoms. The maximum Gasteiger partial charge on any atom is 2.00 e. The minimum absolute atomic E-state index is 0. The number of benzene rings is 1. The Hall–Kier alpha value is 0.0962. The molecule has 0 spiro atoms. The summed E-state index contributed by atoms with van der Waals surface area (Å²) in [6.45, 7) is 1.98. The maximum atomic E-state index is 12.5. The van der Waals surface area contributed by atoms with Gasteiger partial charge in [-0.3, -0.25) is 0 Å². The van der Waals surface area contributed by atoms with Crippen LogP contribution in [0, 0.1) is 21.8 Å². The monoisotopic (exact) mass is 296 g/mol. The summed E-state index contributed by atoms with van der Waals surface area (Å²) in [6.07, 6.45) is 0. The molecule has 0 saturated heterocycles. The minimum atomic E-state index is -2.94. The van der Waals surface area contributed by atoms with Gasteiger partial charge in [-0.2, -0.15) is 0 Å². The van der Waals surface area contributed by atoms with Gasteiger partial charge in [-0.1, -0.05) is 12.1 Å². The zero-order chi connectivity index (χ0) is 12.3. The molecule has 0 aliphatic rings. The molecule has 0 aromatic heterocycles. The molecule has 19 heavy (non-hydrogen) atoms. The van der Waals surface area contributed by atoms with E-state index >= 15 is 0 Å². The van der Waals surface area contributed by atoms with Crippen LogP contribution in [-0.2, 0) is 0 Å². The van der Waals surface area contributed by atoms with Crippen molar-refractivity contribution < 1.29 is 9.42 Å². The van der Waals surface area contributed by atoms with Crippen LogP contribution in [0.5, 0.6) is 5.75 Å². The van der Waals surface area contributed by atoms with Crippen molar-refractivity contribution in [2.75, 3.05) is 28.2 Å². The molecule has 0 aliphatic heterocycles. The van der Waals surface area contributed by atoms with Gasteiger partial charge in [-0.15, -0.1) is 9.34 Å². The molecule has 4 nitrogen and oxygen atoms in total. The molecule has 0 amide bonds. The van der Waals surface area contributed by atoms with Crippen molar-refractivity contribution in [1.29, 1.82) is 0 Å². The van der Waals surface area contributed by atoms with Gasteiger partial charge >= 0.3 is 31.1 Å². The van der Waals surface area contributed by atoms with Crippen LogP contribution in [0.25, 0.3) is 0 Å². The first-order valence-corrected chi connectivity index (χ1v) is 6.61. The van der Waals surface area contributed by atoms with Crippen molar-refractivity contribution in [2.45, 2.75) is 6.92 Å². The van der Waals surface area contributed by atoms with Crippen molar-refractivity contribution in [2.24, 2.45) is 0 Å². The summed E-state index contributed by atoms with van der Waals surface area (Å²) >= 11 is 0. The van der Waals surface area contributed by atoms with Crippen molar-refractivity contribution in [3.8, 4) is 5.75 Å². The van der Waals surface area contributed by atoms with Gasteiger partial charge in [0.05, 0.1) is 0 Å². The topological polar surface area (TPSA) is 38.8 Å². The Balaban J connectivity index is -0.000000853. The molecule has 6 heteroatoms. The fourth-order valence-corrected chi connectivity index (χ4v) is 2.76. The Morgan fingerprint density at radius 3 is 1.89 bits per heavy atom. The molecule has 106 valence electrons. The van der Waals surface area contributed by atoms with E-state index in [1.165, 1.54) is 0 Å². The first-order valence-electron chi connectivity index (χ1n) is 5.08. The number of rotatable bonds is 4. The SMILES string of the molecule is Cc1cccc(O[P+]([O-])(N(C)C)N(C)C)c1.[CH3-].[CH3-].[Mg+2]. The minimum Gasteiger partial charge on any atom is -0.618 e. The Morgan fingerprint density at radius 1 is 1.05 bits per heavy atom. The standard InChI is InChI=1S/C11H19N2O2P.2CH3.Mg/c1-10-7-6-8-11(9-10)15-16(14,12(2)3)13(4)5;;;/h6-9H,1-5H3;2*1H3;/q;2*-1;+2. The van der Waals surface area contributed by atoms with E-state index < -0.39 is 8.02 Å². The van der Waals surface area contributed by atoms with E-state index in [1.807, 2.05) is 31.2 Å². The molecule has 1 rings (SSSR count). The Morgan fingerprint density at radius 2 is 1.53 bits per heavy atom. The van der Waals surface area contributed by atoms with Crippen molar-refractivity contribution in [3.05, 3.63) is 44.7 Å². The van der Waals surface area contributed by atoms with E-state index in [2.05, 4.69) is 0 Å². The molecule has 0 fully saturated rings. The van der Waals surface area contributed by atoms with Crippen LogP contribution in [-0.4, -0.2) is 60.6 Å². The van der Waals surface area contributed by atoms with Gasteiger partial charge in [0.25, 0.3) is 0 Å². The quantitative estimate of drug-likeness (QED) is 0.484. The van der Waals surface area contributed by atoms with Gasteiger partial charge < -0.3 is 24.3 Å². The molecule has 0 unspecified atom stereocenters.